The molecule has 0 bridgehead atoms. The van der Waals surface area contributed by atoms with Crippen molar-refractivity contribution in [3.63, 3.8) is 0 Å². The minimum atomic E-state index is -2.27. The van der Waals surface area contributed by atoms with Gasteiger partial charge in [-0.05, 0) is 75.4 Å². The van der Waals surface area contributed by atoms with Gasteiger partial charge in [0.05, 0.1) is 13.1 Å². The van der Waals surface area contributed by atoms with Crippen LogP contribution in [0, 0.1) is 0 Å². The van der Waals surface area contributed by atoms with Crippen molar-refractivity contribution in [3.8, 4) is 0 Å². The fraction of sp³-hybridized carbons (Fsp3) is 0.905. The summed E-state index contributed by atoms with van der Waals surface area (Å²) in [6, 6.07) is 0. The van der Waals surface area contributed by atoms with Crippen LogP contribution < -0.4 is 5.32 Å². The number of hydrogen-bond donors (Lipinski definition) is 3. The third-order valence-corrected chi connectivity index (χ3v) is 13.9. The Kier molecular flexibility index (Phi) is 11.0. The molecule has 0 fully saturated rings. The number of Topliss-reactive ketones (excluding diaryl/α,β-unsaturated/α-hetero) is 1. The topological polar surface area (TPSA) is 89.9 Å². The molecule has 0 aliphatic rings. The normalized spacial score (nSPS) is 13.5. The quantitative estimate of drug-likeness (QED) is 0.281. The fourth-order valence-electron chi connectivity index (χ4n) is 2.85. The molecule has 0 aromatic carbocycles. The fourth-order valence-corrected chi connectivity index (χ4v) is 4.42. The van der Waals surface area contributed by atoms with E-state index in [-0.39, 0.29) is 34.9 Å². The van der Waals surface area contributed by atoms with E-state index in [2.05, 4.69) is 33.0 Å². The van der Waals surface area contributed by atoms with Crippen LogP contribution in [0.2, 0.25) is 36.3 Å². The maximum atomic E-state index is 12.6. The van der Waals surface area contributed by atoms with Crippen LogP contribution in [-0.2, 0) is 9.59 Å². The van der Waals surface area contributed by atoms with Crippen molar-refractivity contribution >= 4 is 28.3 Å². The molecule has 0 unspecified atom stereocenters. The first-order chi connectivity index (χ1) is 12.9. The van der Waals surface area contributed by atoms with Gasteiger partial charge in [0.2, 0.25) is 5.91 Å². The highest BCUT2D eigenvalue weighted by atomic mass is 28.4. The van der Waals surface area contributed by atoms with Gasteiger partial charge in [-0.15, -0.1) is 0 Å². The average Bonchev–Trinajstić information content (AvgIpc) is 2.50. The molecule has 0 aromatic heterocycles. The Bertz CT molecular complexity index is 538. The summed E-state index contributed by atoms with van der Waals surface area (Å²) in [7, 11) is -4.48. The van der Waals surface area contributed by atoms with Gasteiger partial charge in [0, 0.05) is 6.54 Å². The van der Waals surface area contributed by atoms with Gasteiger partial charge in [0.15, 0.2) is 16.6 Å². The van der Waals surface area contributed by atoms with E-state index in [4.69, 9.17) is 0 Å². The van der Waals surface area contributed by atoms with Gasteiger partial charge in [0.25, 0.3) is 0 Å². The zero-order valence-electron chi connectivity index (χ0n) is 20.3. The second kappa shape index (κ2) is 11.2. The number of carbonyl (C=O) groups excluding carboxylic acids is 2. The lowest BCUT2D eigenvalue weighted by Crippen LogP contribution is -2.43. The first kappa shape index (κ1) is 28.5. The Morgan fingerprint density at radius 1 is 0.897 bits per heavy atom. The summed E-state index contributed by atoms with van der Waals surface area (Å²) in [5.41, 5.74) is 0. The average molecular weight is 447 g/mol. The summed E-state index contributed by atoms with van der Waals surface area (Å²) in [6.45, 7) is 19.3. The summed E-state index contributed by atoms with van der Waals surface area (Å²) in [4.78, 5) is 46.6. The van der Waals surface area contributed by atoms with Gasteiger partial charge in [-0.25, -0.2) is 0 Å². The molecule has 0 aliphatic heterocycles. The SMILES string of the molecule is CC(=O)CN(CCCC(C)(C)[Si](C)(C)O)C(=O)CNCCCC(C)(C)[Si](C)(C)O. The van der Waals surface area contributed by atoms with E-state index in [1.807, 2.05) is 26.2 Å². The van der Waals surface area contributed by atoms with E-state index >= 15 is 0 Å². The summed E-state index contributed by atoms with van der Waals surface area (Å²) >= 11 is 0. The lowest BCUT2D eigenvalue weighted by Gasteiger charge is -2.35. The Morgan fingerprint density at radius 3 is 1.76 bits per heavy atom. The maximum absolute atomic E-state index is 12.6. The van der Waals surface area contributed by atoms with Crippen molar-refractivity contribution in [3.05, 3.63) is 0 Å². The van der Waals surface area contributed by atoms with Crippen LogP contribution in [0.4, 0.5) is 0 Å². The number of nitrogens with one attached hydrogen (secondary N) is 1. The van der Waals surface area contributed by atoms with Crippen molar-refractivity contribution in [2.75, 3.05) is 26.2 Å². The van der Waals surface area contributed by atoms with Crippen LogP contribution in [-0.4, -0.2) is 69.0 Å². The zero-order valence-corrected chi connectivity index (χ0v) is 22.3. The Balaban J connectivity index is 4.51. The molecule has 172 valence electrons. The molecule has 29 heavy (non-hydrogen) atoms. The van der Waals surface area contributed by atoms with Crippen LogP contribution in [0.25, 0.3) is 0 Å². The lowest BCUT2D eigenvalue weighted by atomic mass is 10.1. The highest BCUT2D eigenvalue weighted by Gasteiger charge is 2.38. The van der Waals surface area contributed by atoms with Crippen LogP contribution >= 0.6 is 0 Å². The smallest absolute Gasteiger partial charge is 0.236 e. The number of hydrogen-bond acceptors (Lipinski definition) is 5. The molecule has 0 heterocycles. The van der Waals surface area contributed by atoms with Crippen molar-refractivity contribution in [1.29, 1.82) is 0 Å². The predicted octanol–water partition coefficient (Wildman–Crippen LogP) is 3.51. The molecule has 0 aromatic rings. The van der Waals surface area contributed by atoms with Crippen molar-refractivity contribution < 1.29 is 19.2 Å². The molecule has 0 saturated carbocycles. The molecule has 8 heteroatoms. The lowest BCUT2D eigenvalue weighted by molar-refractivity contribution is -0.134. The Hall–Kier alpha value is -0.546. The van der Waals surface area contributed by atoms with Crippen LogP contribution in [0.3, 0.4) is 0 Å². The molecular formula is C21H46N2O4Si2. The van der Waals surface area contributed by atoms with Crippen molar-refractivity contribution in [2.45, 2.75) is 96.6 Å². The third-order valence-electron chi connectivity index (χ3n) is 6.74. The molecule has 0 spiro atoms. The van der Waals surface area contributed by atoms with Crippen molar-refractivity contribution in [2.24, 2.45) is 0 Å². The number of carbonyl (C=O) groups is 2. The van der Waals surface area contributed by atoms with E-state index in [1.54, 1.807) is 4.90 Å². The molecule has 0 atom stereocenters. The van der Waals surface area contributed by atoms with E-state index in [9.17, 15) is 19.2 Å². The monoisotopic (exact) mass is 446 g/mol. The Morgan fingerprint density at radius 2 is 1.34 bits per heavy atom. The first-order valence-electron chi connectivity index (χ1n) is 10.8. The Labute approximate surface area is 180 Å². The largest absolute Gasteiger partial charge is 0.432 e. The van der Waals surface area contributed by atoms with E-state index in [0.717, 1.165) is 25.7 Å². The molecule has 0 saturated heterocycles. The molecule has 0 radical (unpaired) electrons. The molecule has 6 nitrogen and oxygen atoms in total. The van der Waals surface area contributed by atoms with Crippen LogP contribution in [0.5, 0.6) is 0 Å². The minimum Gasteiger partial charge on any atom is -0.432 e. The second-order valence-electron chi connectivity index (χ2n) is 10.8. The number of ketones is 1. The number of nitrogens with zero attached hydrogens (tertiary/aromatic N) is 1. The van der Waals surface area contributed by atoms with Gasteiger partial charge < -0.3 is 19.8 Å². The third kappa shape index (κ3) is 10.4. The summed E-state index contributed by atoms with van der Waals surface area (Å²) in [6.07, 6.45) is 3.41. The highest BCUT2D eigenvalue weighted by Crippen LogP contribution is 2.40. The number of amides is 1. The van der Waals surface area contributed by atoms with E-state index in [1.165, 1.54) is 6.92 Å². The standard InChI is InChI=1S/C21H46N2O4Si2/c1-18(24)17-23(15-11-13-21(4,5)29(8,9)27)19(25)16-22-14-10-12-20(2,3)28(6,7)26/h22,26-27H,10-17H2,1-9H3. The van der Waals surface area contributed by atoms with Crippen LogP contribution in [0.15, 0.2) is 0 Å². The van der Waals surface area contributed by atoms with Crippen molar-refractivity contribution in [1.82, 2.24) is 10.2 Å². The molecule has 0 aliphatic carbocycles. The van der Waals surface area contributed by atoms with Gasteiger partial charge >= 0.3 is 0 Å². The van der Waals surface area contributed by atoms with Gasteiger partial charge in [0.1, 0.15) is 5.78 Å². The molecular weight excluding hydrogens is 400 g/mol. The molecule has 1 amide bonds. The first-order valence-corrected chi connectivity index (χ1v) is 16.7. The zero-order chi connectivity index (χ0) is 23.1. The summed E-state index contributed by atoms with van der Waals surface area (Å²) < 4.78 is 0. The van der Waals surface area contributed by atoms with Gasteiger partial charge in [-0.1, -0.05) is 27.7 Å². The number of rotatable bonds is 14. The van der Waals surface area contributed by atoms with Crippen LogP contribution in [0.1, 0.15) is 60.3 Å². The van der Waals surface area contributed by atoms with E-state index in [0.29, 0.717) is 13.1 Å². The van der Waals surface area contributed by atoms with E-state index < -0.39 is 16.6 Å². The second-order valence-corrected chi connectivity index (χ2v) is 19.7. The molecule has 0 rings (SSSR count). The minimum absolute atomic E-state index is 0.0219. The van der Waals surface area contributed by atoms with Gasteiger partial charge in [-0.2, -0.15) is 0 Å². The van der Waals surface area contributed by atoms with Gasteiger partial charge in [-0.3, -0.25) is 9.59 Å². The predicted molar refractivity (Wildman–Crippen MR) is 126 cm³/mol. The highest BCUT2D eigenvalue weighted by molar-refractivity contribution is 6.73. The molecule has 3 N–H and O–H groups in total. The maximum Gasteiger partial charge on any atom is 0.236 e. The summed E-state index contributed by atoms with van der Waals surface area (Å²) in [5.74, 6) is -0.0824. The summed E-state index contributed by atoms with van der Waals surface area (Å²) in [5, 5.41) is 3.00.